The van der Waals surface area contributed by atoms with E-state index in [4.69, 9.17) is 9.47 Å². The summed E-state index contributed by atoms with van der Waals surface area (Å²) < 4.78 is 13.1. The first-order valence-electron chi connectivity index (χ1n) is 19.3. The number of likely N-dealkylation sites (tertiary alicyclic amines) is 1. The van der Waals surface area contributed by atoms with Crippen molar-refractivity contribution in [2.45, 2.75) is 50.4 Å². The third-order valence-electron chi connectivity index (χ3n) is 12.1. The van der Waals surface area contributed by atoms with E-state index in [1.54, 1.807) is 42.9 Å². The van der Waals surface area contributed by atoms with Crippen LogP contribution >= 0.6 is 0 Å². The molecule has 1 atom stereocenters. The highest BCUT2D eigenvalue weighted by molar-refractivity contribution is 6.23. The Morgan fingerprint density at radius 3 is 2.30 bits per heavy atom. The molecule has 6 heterocycles. The molecule has 5 aliphatic heterocycles. The van der Waals surface area contributed by atoms with Gasteiger partial charge in [-0.05, 0) is 74.8 Å². The van der Waals surface area contributed by atoms with E-state index in [-0.39, 0.29) is 47.6 Å². The number of hydrogen-bond donors (Lipinski definition) is 2. The number of pyridine rings is 1. The fraction of sp³-hybridized carbons (Fsp3) is 0.463. The second-order valence-electron chi connectivity index (χ2n) is 15.9. The van der Waals surface area contributed by atoms with E-state index in [9.17, 15) is 28.8 Å². The maximum absolute atomic E-state index is 13.4. The average molecular weight is 781 g/mol. The van der Waals surface area contributed by atoms with Crippen LogP contribution in [-0.2, 0) is 36.1 Å². The van der Waals surface area contributed by atoms with E-state index in [0.717, 1.165) is 58.9 Å². The number of fused-ring (bicyclic) bond motifs is 2. The molecule has 6 amide bonds. The lowest BCUT2D eigenvalue weighted by Gasteiger charge is -2.63. The van der Waals surface area contributed by atoms with Crippen LogP contribution in [0.3, 0.4) is 0 Å². The van der Waals surface area contributed by atoms with E-state index >= 15 is 0 Å². The van der Waals surface area contributed by atoms with Crippen molar-refractivity contribution in [2.75, 3.05) is 72.5 Å². The third-order valence-corrected chi connectivity index (χ3v) is 12.1. The second kappa shape index (κ2) is 14.6. The first-order chi connectivity index (χ1) is 27.3. The van der Waals surface area contributed by atoms with Crippen LogP contribution in [0.2, 0.25) is 0 Å². The van der Waals surface area contributed by atoms with E-state index in [1.165, 1.54) is 0 Å². The maximum atomic E-state index is 13.4. The third kappa shape index (κ3) is 6.59. The number of methoxy groups -OCH3 is 2. The molecule has 300 valence electrons. The van der Waals surface area contributed by atoms with E-state index < -0.39 is 29.7 Å². The van der Waals surface area contributed by atoms with Gasteiger partial charge in [0.05, 0.1) is 43.0 Å². The number of hydrogen-bond acceptors (Lipinski definition) is 11. The van der Waals surface area contributed by atoms with Crippen molar-refractivity contribution in [2.24, 2.45) is 7.05 Å². The highest BCUT2D eigenvalue weighted by Gasteiger charge is 2.53. The number of ether oxygens (including phenoxy) is 2. The molecule has 0 radical (unpaired) electrons. The van der Waals surface area contributed by atoms with E-state index in [1.807, 2.05) is 43.4 Å². The molecule has 1 spiro atoms. The van der Waals surface area contributed by atoms with Crippen molar-refractivity contribution < 1.29 is 33.4 Å². The molecule has 16 heteroatoms. The van der Waals surface area contributed by atoms with Crippen LogP contribution in [0.15, 0.2) is 41.3 Å². The van der Waals surface area contributed by atoms with Gasteiger partial charge in [0.25, 0.3) is 17.4 Å². The van der Waals surface area contributed by atoms with Crippen molar-refractivity contribution in [1.82, 2.24) is 34.8 Å². The molecule has 1 aromatic heterocycles. The lowest BCUT2D eigenvalue weighted by molar-refractivity contribution is -0.136. The van der Waals surface area contributed by atoms with Crippen LogP contribution in [0.4, 0.5) is 10.5 Å². The average Bonchev–Trinajstić information content (AvgIpc) is 3.40. The Morgan fingerprint density at radius 1 is 0.930 bits per heavy atom. The zero-order chi connectivity index (χ0) is 40.3. The van der Waals surface area contributed by atoms with Crippen molar-refractivity contribution in [3.8, 4) is 22.6 Å². The largest absolute Gasteiger partial charge is 0.496 e. The van der Waals surface area contributed by atoms with Gasteiger partial charge in [0.15, 0.2) is 0 Å². The van der Waals surface area contributed by atoms with Crippen molar-refractivity contribution >= 4 is 35.3 Å². The van der Waals surface area contributed by atoms with Crippen LogP contribution in [0.25, 0.3) is 11.1 Å². The number of amides is 6. The highest BCUT2D eigenvalue weighted by Crippen LogP contribution is 2.44. The summed E-state index contributed by atoms with van der Waals surface area (Å²) in [4.78, 5) is 86.8. The zero-order valence-electron chi connectivity index (χ0n) is 33.0. The molecule has 57 heavy (non-hydrogen) atoms. The first kappa shape index (κ1) is 38.1. The SMILES string of the molecule is COc1cc(-c2cn(C)c(=O)c3c2CCN(C(=O)NCCN2CC4(CCN4c4ccc5c(c4)C(=O)N(C4CCC(=O)NC4=O)C5=O)C2)C3)cc(OC)c1CN(C)C. The van der Waals surface area contributed by atoms with Crippen molar-refractivity contribution in [1.29, 1.82) is 0 Å². The minimum absolute atomic E-state index is 0.0707. The molecule has 0 bridgehead atoms. The molecule has 0 aliphatic carbocycles. The van der Waals surface area contributed by atoms with Crippen LogP contribution < -0.4 is 30.6 Å². The van der Waals surface area contributed by atoms with Gasteiger partial charge in [0.1, 0.15) is 17.5 Å². The summed E-state index contributed by atoms with van der Waals surface area (Å²) in [7, 11) is 8.97. The number of imide groups is 2. The van der Waals surface area contributed by atoms with Gasteiger partial charge >= 0.3 is 6.03 Å². The maximum Gasteiger partial charge on any atom is 0.317 e. The Bertz CT molecular complexity index is 2240. The number of aryl methyl sites for hydroxylation is 1. The number of anilines is 1. The molecule has 2 aromatic carbocycles. The number of nitrogens with one attached hydrogen (secondary N) is 2. The summed E-state index contributed by atoms with van der Waals surface area (Å²) in [6.45, 7) is 4.79. The van der Waals surface area contributed by atoms with Crippen LogP contribution in [0, 0.1) is 0 Å². The Kier molecular flexibility index (Phi) is 9.80. The molecular formula is C41H48N8O8. The van der Waals surface area contributed by atoms with Gasteiger partial charge in [0.2, 0.25) is 11.8 Å². The van der Waals surface area contributed by atoms with Crippen LogP contribution in [0.5, 0.6) is 11.5 Å². The van der Waals surface area contributed by atoms with Gasteiger partial charge in [-0.1, -0.05) is 0 Å². The summed E-state index contributed by atoms with van der Waals surface area (Å²) in [6, 6.07) is 8.00. The summed E-state index contributed by atoms with van der Waals surface area (Å²) in [5.41, 5.74) is 5.40. The summed E-state index contributed by atoms with van der Waals surface area (Å²) >= 11 is 0. The molecule has 1 unspecified atom stereocenters. The van der Waals surface area contributed by atoms with E-state index in [0.29, 0.717) is 49.7 Å². The van der Waals surface area contributed by atoms with Gasteiger partial charge in [-0.25, -0.2) is 4.79 Å². The Hall–Kier alpha value is -5.74. The topological polar surface area (TPSA) is 166 Å². The monoisotopic (exact) mass is 780 g/mol. The molecule has 0 saturated carbocycles. The van der Waals surface area contributed by atoms with Gasteiger partial charge in [-0.15, -0.1) is 0 Å². The molecule has 8 rings (SSSR count). The minimum atomic E-state index is -1.00. The van der Waals surface area contributed by atoms with Gasteiger partial charge in [0, 0.05) is 82.3 Å². The lowest BCUT2D eigenvalue weighted by Crippen LogP contribution is -2.77. The predicted molar refractivity (Wildman–Crippen MR) is 209 cm³/mol. The second-order valence-corrected chi connectivity index (χ2v) is 15.9. The molecule has 5 aliphatic rings. The number of piperidine rings is 1. The zero-order valence-corrected chi connectivity index (χ0v) is 33.0. The summed E-state index contributed by atoms with van der Waals surface area (Å²) in [5, 5.41) is 5.29. The standard InChI is InChI=1S/C41H48N8O8/c1-44(2)19-31-33(56-4)16-24(17-34(31)57-5)29-20-45(3)37(52)30-21-47(13-10-26(29)30)40(55)42-12-15-46-22-41(23-46)11-14-48(41)25-6-7-27-28(18-25)39(54)49(38(27)53)32-8-9-35(50)43-36(32)51/h6-7,16-18,20,32H,8-15,19,21-23H2,1-5H3,(H,42,55)(H,43,50,51). The van der Waals surface area contributed by atoms with Crippen molar-refractivity contribution in [3.05, 3.63) is 74.7 Å². The van der Waals surface area contributed by atoms with E-state index in [2.05, 4.69) is 20.4 Å². The molecule has 3 saturated heterocycles. The van der Waals surface area contributed by atoms with Crippen molar-refractivity contribution in [3.63, 3.8) is 0 Å². The first-order valence-corrected chi connectivity index (χ1v) is 19.3. The molecule has 2 N–H and O–H groups in total. The Labute approximate surface area is 330 Å². The molecule has 3 aromatic rings. The van der Waals surface area contributed by atoms with Gasteiger partial charge in [-0.2, -0.15) is 0 Å². The number of rotatable bonds is 10. The van der Waals surface area contributed by atoms with Gasteiger partial charge in [-0.3, -0.25) is 39.1 Å². The fourth-order valence-corrected chi connectivity index (χ4v) is 9.11. The number of nitrogens with zero attached hydrogens (tertiary/aromatic N) is 6. The fourth-order valence-electron chi connectivity index (χ4n) is 9.11. The normalized spacial score (nSPS) is 20.0. The number of aromatic nitrogens is 1. The molecule has 3 fully saturated rings. The number of benzene rings is 2. The number of carbonyl (C=O) groups excluding carboxylic acids is 5. The van der Waals surface area contributed by atoms with Gasteiger partial charge < -0.3 is 34.1 Å². The lowest BCUT2D eigenvalue weighted by atomic mass is 9.77. The molecular weight excluding hydrogens is 732 g/mol. The Morgan fingerprint density at radius 2 is 1.65 bits per heavy atom. The van der Waals surface area contributed by atoms with Crippen LogP contribution in [-0.4, -0.2) is 133 Å². The summed E-state index contributed by atoms with van der Waals surface area (Å²) in [5.74, 6) is -0.669. The Balaban J connectivity index is 0.874. The minimum Gasteiger partial charge on any atom is -0.496 e. The predicted octanol–water partition coefficient (Wildman–Crippen LogP) is 1.56. The summed E-state index contributed by atoms with van der Waals surface area (Å²) in [6.07, 6.45) is 3.54. The van der Waals surface area contributed by atoms with Crippen LogP contribution in [0.1, 0.15) is 56.7 Å². The number of carbonyl (C=O) groups is 5. The quantitative estimate of drug-likeness (QED) is 0.287. The highest BCUT2D eigenvalue weighted by atomic mass is 16.5. The number of urea groups is 1. The smallest absolute Gasteiger partial charge is 0.317 e. The molecule has 16 nitrogen and oxygen atoms in total.